The SMILES string of the molecule is Cc1ccc2c(c1)c1c3sc4ccccc4c3ccc1n2-c1c(C#N)c(-n2c3ccccc3c3ccccc32)c(-n2c3ccccc3c3ccccc32)c(C#N)c1-n1c2ccccc2c2ccccc21. The maximum atomic E-state index is 12.6. The molecular formula is C63H36N6S. The van der Waals surface area contributed by atoms with Crippen molar-refractivity contribution in [3.8, 4) is 34.9 Å². The summed E-state index contributed by atoms with van der Waals surface area (Å²) in [5.41, 5.74) is 12.1. The lowest BCUT2D eigenvalue weighted by Crippen LogP contribution is -2.16. The van der Waals surface area contributed by atoms with Crippen molar-refractivity contribution in [2.45, 2.75) is 6.92 Å². The van der Waals surface area contributed by atoms with Gasteiger partial charge in [-0.1, -0.05) is 145 Å². The molecule has 6 nitrogen and oxygen atoms in total. The number of thiophene rings is 1. The Hall–Kier alpha value is -9.40. The van der Waals surface area contributed by atoms with Gasteiger partial charge in [0.15, 0.2) is 0 Å². The molecule has 0 saturated heterocycles. The molecule has 0 atom stereocenters. The molecular weight excluding hydrogens is 873 g/mol. The third-order valence-electron chi connectivity index (χ3n) is 14.7. The molecule has 5 aromatic heterocycles. The van der Waals surface area contributed by atoms with E-state index in [2.05, 4.69) is 238 Å². The quantitative estimate of drug-likeness (QED) is 0.177. The molecule has 324 valence electrons. The van der Waals surface area contributed by atoms with Gasteiger partial charge in [-0.3, -0.25) is 0 Å². The third-order valence-corrected chi connectivity index (χ3v) is 15.9. The van der Waals surface area contributed by atoms with Crippen LogP contribution in [0.2, 0.25) is 0 Å². The molecule has 0 bridgehead atoms. The normalized spacial score (nSPS) is 12.0. The second-order valence-electron chi connectivity index (χ2n) is 18.3. The topological polar surface area (TPSA) is 67.3 Å². The zero-order valence-corrected chi connectivity index (χ0v) is 38.5. The van der Waals surface area contributed by atoms with Gasteiger partial charge in [-0.25, -0.2) is 0 Å². The third kappa shape index (κ3) is 4.98. The Morgan fingerprint density at radius 2 is 0.657 bits per heavy atom. The first-order valence-electron chi connectivity index (χ1n) is 23.5. The number of fused-ring (bicyclic) bond motifs is 16. The van der Waals surface area contributed by atoms with Crippen molar-refractivity contribution in [1.29, 1.82) is 10.5 Å². The molecule has 7 heteroatoms. The van der Waals surface area contributed by atoms with Crippen molar-refractivity contribution in [2.24, 2.45) is 0 Å². The summed E-state index contributed by atoms with van der Waals surface area (Å²) in [5, 5.41) is 36.1. The fraction of sp³-hybridized carbons (Fsp3) is 0.0159. The standard InChI is InChI=1S/C63H36N6S/c1-37-30-32-55-46(34-37)58-56(33-31-45-44-22-8-15-29-57(44)70-63(45)58)69(55)62-48(36-65)60(67-51-25-11-4-18-40(51)41-19-5-12-26-52(41)67)59(66-49-23-9-2-16-38(49)39-17-3-10-24-50(39)66)47(35-64)61(62)68-53-27-13-6-20-42(53)43-21-7-14-28-54(43)68/h2-34H,1H3. The summed E-state index contributed by atoms with van der Waals surface area (Å²) in [6, 6.07) is 76.2. The van der Waals surface area contributed by atoms with Crippen LogP contribution in [-0.2, 0) is 0 Å². The van der Waals surface area contributed by atoms with E-state index in [1.807, 2.05) is 11.3 Å². The number of hydrogen-bond acceptors (Lipinski definition) is 3. The first kappa shape index (κ1) is 38.7. The molecule has 0 aliphatic carbocycles. The second-order valence-corrected chi connectivity index (χ2v) is 19.3. The van der Waals surface area contributed by atoms with Crippen molar-refractivity contribution in [3.63, 3.8) is 0 Å². The maximum absolute atomic E-state index is 12.6. The van der Waals surface area contributed by atoms with Crippen LogP contribution in [-0.4, -0.2) is 18.3 Å². The largest absolute Gasteiger partial charge is 0.306 e. The van der Waals surface area contributed by atoms with E-state index < -0.39 is 0 Å². The molecule has 0 amide bonds. The highest BCUT2D eigenvalue weighted by Gasteiger charge is 2.34. The van der Waals surface area contributed by atoms with Gasteiger partial charge in [0, 0.05) is 63.3 Å². The maximum Gasteiger partial charge on any atom is 0.104 e. The predicted molar refractivity (Wildman–Crippen MR) is 291 cm³/mol. The van der Waals surface area contributed by atoms with E-state index in [-0.39, 0.29) is 0 Å². The van der Waals surface area contributed by atoms with Crippen LogP contribution in [0.3, 0.4) is 0 Å². The van der Waals surface area contributed by atoms with Gasteiger partial charge in [0.1, 0.15) is 23.3 Å². The molecule has 0 aliphatic heterocycles. The van der Waals surface area contributed by atoms with Crippen LogP contribution in [0.1, 0.15) is 16.7 Å². The first-order chi connectivity index (χ1) is 34.6. The average molecular weight is 909 g/mol. The predicted octanol–water partition coefficient (Wildman–Crippen LogP) is 16.5. The van der Waals surface area contributed by atoms with Gasteiger partial charge in [0.25, 0.3) is 0 Å². The fourth-order valence-corrected chi connectivity index (χ4v) is 13.2. The number of nitriles is 2. The first-order valence-corrected chi connectivity index (χ1v) is 24.3. The number of hydrogen-bond donors (Lipinski definition) is 0. The van der Waals surface area contributed by atoms with E-state index in [0.717, 1.165) is 92.8 Å². The van der Waals surface area contributed by atoms with E-state index in [9.17, 15) is 10.5 Å². The molecule has 15 aromatic rings. The van der Waals surface area contributed by atoms with E-state index in [1.165, 1.54) is 20.2 Å². The highest BCUT2D eigenvalue weighted by Crippen LogP contribution is 2.50. The van der Waals surface area contributed by atoms with Crippen molar-refractivity contribution in [2.75, 3.05) is 0 Å². The van der Waals surface area contributed by atoms with Crippen LogP contribution in [0.5, 0.6) is 0 Å². The summed E-state index contributed by atoms with van der Waals surface area (Å²) in [7, 11) is 0. The Kier molecular flexibility index (Phi) is 7.91. The molecule has 0 radical (unpaired) electrons. The number of aromatic nitrogens is 4. The van der Waals surface area contributed by atoms with Crippen LogP contribution >= 0.6 is 11.3 Å². The molecule has 0 saturated carbocycles. The van der Waals surface area contributed by atoms with Crippen molar-refractivity contribution in [1.82, 2.24) is 18.3 Å². The van der Waals surface area contributed by atoms with Crippen LogP contribution in [0, 0.1) is 29.6 Å². The van der Waals surface area contributed by atoms with E-state index in [4.69, 9.17) is 0 Å². The summed E-state index contributed by atoms with van der Waals surface area (Å²) in [5.74, 6) is 0. The minimum absolute atomic E-state index is 0.439. The van der Waals surface area contributed by atoms with Crippen LogP contribution in [0.4, 0.5) is 0 Å². The zero-order valence-electron chi connectivity index (χ0n) is 37.6. The van der Waals surface area contributed by atoms with E-state index in [1.54, 1.807) is 0 Å². The average Bonchev–Trinajstić information content (AvgIpc) is 4.21. The van der Waals surface area contributed by atoms with Crippen LogP contribution in [0.25, 0.3) is 130 Å². The Balaban J connectivity index is 1.27. The molecule has 5 heterocycles. The highest BCUT2D eigenvalue weighted by molar-refractivity contribution is 7.26. The van der Waals surface area contributed by atoms with Crippen LogP contribution < -0.4 is 0 Å². The molecule has 70 heavy (non-hydrogen) atoms. The Morgan fingerprint density at radius 1 is 0.329 bits per heavy atom. The molecule has 15 rings (SSSR count). The minimum atomic E-state index is 0.439. The Bertz CT molecular complexity index is 4720. The summed E-state index contributed by atoms with van der Waals surface area (Å²) in [6.45, 7) is 2.15. The molecule has 0 fully saturated rings. The van der Waals surface area contributed by atoms with E-state index >= 15 is 0 Å². The Morgan fingerprint density at radius 3 is 1.06 bits per heavy atom. The Labute approximate surface area is 404 Å². The zero-order chi connectivity index (χ0) is 46.4. The summed E-state index contributed by atoms with van der Waals surface area (Å²) in [4.78, 5) is 0. The number of benzene rings is 10. The lowest BCUT2D eigenvalue weighted by Gasteiger charge is -2.27. The summed E-state index contributed by atoms with van der Waals surface area (Å²) in [6.07, 6.45) is 0. The summed E-state index contributed by atoms with van der Waals surface area (Å²) >= 11 is 1.81. The van der Waals surface area contributed by atoms with Gasteiger partial charge in [-0.15, -0.1) is 11.3 Å². The number of para-hydroxylation sites is 6. The monoisotopic (exact) mass is 908 g/mol. The molecule has 0 N–H and O–H groups in total. The van der Waals surface area contributed by atoms with Gasteiger partial charge >= 0.3 is 0 Å². The van der Waals surface area contributed by atoms with Gasteiger partial charge in [0.2, 0.25) is 0 Å². The van der Waals surface area contributed by atoms with E-state index in [0.29, 0.717) is 33.9 Å². The number of aryl methyl sites for hydroxylation is 1. The van der Waals surface area contributed by atoms with Crippen molar-refractivity contribution in [3.05, 3.63) is 217 Å². The minimum Gasteiger partial charge on any atom is -0.306 e. The molecule has 0 aliphatic rings. The lowest BCUT2D eigenvalue weighted by molar-refractivity contribution is 1.02. The number of rotatable bonds is 4. The highest BCUT2D eigenvalue weighted by atomic mass is 32.1. The van der Waals surface area contributed by atoms with Gasteiger partial charge in [-0.05, 0) is 67.6 Å². The summed E-state index contributed by atoms with van der Waals surface area (Å²) < 4.78 is 11.5. The fourth-order valence-electron chi connectivity index (χ4n) is 11.9. The smallest absolute Gasteiger partial charge is 0.104 e. The van der Waals surface area contributed by atoms with Gasteiger partial charge < -0.3 is 18.3 Å². The van der Waals surface area contributed by atoms with Crippen LogP contribution in [0.15, 0.2) is 200 Å². The van der Waals surface area contributed by atoms with Crippen molar-refractivity contribution < 1.29 is 0 Å². The van der Waals surface area contributed by atoms with Crippen molar-refractivity contribution >= 4 is 119 Å². The molecule has 0 spiro atoms. The van der Waals surface area contributed by atoms with Gasteiger partial charge in [-0.2, -0.15) is 10.5 Å². The second kappa shape index (κ2) is 14.3. The van der Waals surface area contributed by atoms with Gasteiger partial charge in [0.05, 0.1) is 66.9 Å². The molecule has 0 unspecified atom stereocenters. The number of nitrogens with zero attached hydrogens (tertiary/aromatic N) is 6. The molecule has 10 aromatic carbocycles. The lowest BCUT2D eigenvalue weighted by atomic mass is 9.98.